The van der Waals surface area contributed by atoms with Crippen molar-refractivity contribution in [2.75, 3.05) is 23.3 Å². The molecule has 1 aliphatic rings. The molecule has 2 N–H and O–H groups in total. The van der Waals surface area contributed by atoms with Crippen LogP contribution in [0.3, 0.4) is 0 Å². The van der Waals surface area contributed by atoms with Crippen LogP contribution in [0.4, 0.5) is 16.2 Å². The number of nitrogens with one attached hydrogen (secondary N) is 2. The molecular weight excluding hydrogens is 361 g/mol. The summed E-state index contributed by atoms with van der Waals surface area (Å²) in [5, 5.41) is 6.56. The van der Waals surface area contributed by atoms with Crippen molar-refractivity contribution in [3.8, 4) is 0 Å². The number of hydrogen-bond donors (Lipinski definition) is 2. The Bertz CT molecular complexity index is 835. The van der Waals surface area contributed by atoms with E-state index in [2.05, 4.69) is 10.6 Å². The molecule has 0 unspecified atom stereocenters. The van der Waals surface area contributed by atoms with E-state index >= 15 is 0 Å². The fourth-order valence-corrected chi connectivity index (χ4v) is 2.80. The summed E-state index contributed by atoms with van der Waals surface area (Å²) in [6, 6.07) is 12.0. The molecule has 2 aromatic carbocycles. The molecule has 3 amide bonds. The minimum Gasteiger partial charge on any atom is -0.336 e. The van der Waals surface area contributed by atoms with Crippen molar-refractivity contribution in [1.29, 1.82) is 0 Å². The summed E-state index contributed by atoms with van der Waals surface area (Å²) in [7, 11) is 0. The Balaban J connectivity index is 1.64. The van der Waals surface area contributed by atoms with Gasteiger partial charge in [-0.05, 0) is 54.1 Å². The Kier molecular flexibility index (Phi) is 5.26. The zero-order valence-corrected chi connectivity index (χ0v) is 14.6. The van der Waals surface area contributed by atoms with E-state index in [1.165, 1.54) is 6.08 Å². The molecule has 2 aromatic rings. The lowest BCUT2D eigenvalue weighted by atomic mass is 10.2. The largest absolute Gasteiger partial charge is 0.336 e. The van der Waals surface area contributed by atoms with E-state index in [-0.39, 0.29) is 11.9 Å². The van der Waals surface area contributed by atoms with Crippen LogP contribution < -0.4 is 15.5 Å². The smallest absolute Gasteiger partial charge is 0.321 e. The van der Waals surface area contributed by atoms with Gasteiger partial charge in [0.25, 0.3) is 0 Å². The second-order valence-electron chi connectivity index (χ2n) is 5.42. The molecule has 1 aliphatic heterocycles. The number of carbonyl (C=O) groups is 2. The van der Waals surface area contributed by atoms with Crippen LogP contribution in [0.1, 0.15) is 5.56 Å². The summed E-state index contributed by atoms with van der Waals surface area (Å²) in [6.45, 7) is 1.27. The molecular formula is C18H15Cl2N3O2. The minimum absolute atomic E-state index is 0.113. The lowest BCUT2D eigenvalue weighted by molar-refractivity contribution is -0.111. The van der Waals surface area contributed by atoms with Gasteiger partial charge in [-0.3, -0.25) is 9.69 Å². The van der Waals surface area contributed by atoms with Crippen LogP contribution in [0.25, 0.3) is 6.08 Å². The molecule has 0 saturated carbocycles. The molecule has 1 fully saturated rings. The van der Waals surface area contributed by atoms with Gasteiger partial charge in [-0.2, -0.15) is 0 Å². The van der Waals surface area contributed by atoms with Crippen LogP contribution in [-0.4, -0.2) is 25.0 Å². The molecule has 0 aliphatic carbocycles. The molecule has 128 valence electrons. The first-order chi connectivity index (χ1) is 12.0. The van der Waals surface area contributed by atoms with Crippen LogP contribution >= 0.6 is 23.2 Å². The number of rotatable bonds is 4. The summed E-state index contributed by atoms with van der Waals surface area (Å²) in [6.07, 6.45) is 2.99. The van der Waals surface area contributed by atoms with Gasteiger partial charge >= 0.3 is 6.03 Å². The molecule has 0 radical (unpaired) electrons. The van der Waals surface area contributed by atoms with Crippen LogP contribution in [-0.2, 0) is 4.79 Å². The van der Waals surface area contributed by atoms with Crippen molar-refractivity contribution in [1.82, 2.24) is 5.32 Å². The first-order valence-electron chi connectivity index (χ1n) is 7.62. The predicted octanol–water partition coefficient (Wildman–Crippen LogP) is 4.17. The fourth-order valence-electron chi connectivity index (χ4n) is 2.43. The van der Waals surface area contributed by atoms with Gasteiger partial charge in [0.05, 0.1) is 0 Å². The predicted molar refractivity (Wildman–Crippen MR) is 101 cm³/mol. The highest BCUT2D eigenvalue weighted by Gasteiger charge is 2.20. The van der Waals surface area contributed by atoms with E-state index in [0.717, 1.165) is 5.69 Å². The number of urea groups is 1. The number of carbonyl (C=O) groups excluding carboxylic acids is 2. The average Bonchev–Trinajstić information content (AvgIpc) is 3.02. The monoisotopic (exact) mass is 375 g/mol. The van der Waals surface area contributed by atoms with Crippen LogP contribution in [0.15, 0.2) is 48.5 Å². The molecule has 7 heteroatoms. The highest BCUT2D eigenvalue weighted by Crippen LogP contribution is 2.22. The number of benzene rings is 2. The lowest BCUT2D eigenvalue weighted by Crippen LogP contribution is -2.27. The quantitative estimate of drug-likeness (QED) is 0.787. The van der Waals surface area contributed by atoms with Crippen LogP contribution in [0, 0.1) is 0 Å². The molecule has 3 rings (SSSR count). The zero-order chi connectivity index (χ0) is 17.8. The summed E-state index contributed by atoms with van der Waals surface area (Å²) < 4.78 is 0. The van der Waals surface area contributed by atoms with Gasteiger partial charge in [0.2, 0.25) is 5.91 Å². The Hall–Kier alpha value is -2.50. The summed E-state index contributed by atoms with van der Waals surface area (Å²) in [5.74, 6) is -0.289. The second kappa shape index (κ2) is 7.59. The number of halogens is 2. The molecule has 0 bridgehead atoms. The van der Waals surface area contributed by atoms with E-state index in [1.807, 2.05) is 0 Å². The normalized spacial score (nSPS) is 14.0. The third-order valence-electron chi connectivity index (χ3n) is 3.68. The number of nitrogens with zero attached hydrogens (tertiary/aromatic N) is 1. The van der Waals surface area contributed by atoms with Crippen molar-refractivity contribution in [3.63, 3.8) is 0 Å². The van der Waals surface area contributed by atoms with Crippen LogP contribution in [0.2, 0.25) is 10.0 Å². The number of hydrogen-bond acceptors (Lipinski definition) is 2. The van der Waals surface area contributed by atoms with E-state index in [9.17, 15) is 9.59 Å². The molecule has 1 heterocycles. The summed E-state index contributed by atoms with van der Waals surface area (Å²) >= 11 is 12.0. The summed E-state index contributed by atoms with van der Waals surface area (Å²) in [5.41, 5.74) is 2.09. The standard InChI is InChI=1S/C18H15Cl2N3O2/c19-13-2-7-16(20)12(11-13)1-8-17(24)22-14-3-5-15(6-4-14)23-10-9-21-18(23)25/h1-8,11H,9-10H2,(H,21,25)(H,22,24)/b8-1+. The Morgan fingerprint density at radius 2 is 1.92 bits per heavy atom. The Labute approximate surface area is 155 Å². The van der Waals surface area contributed by atoms with E-state index in [0.29, 0.717) is 34.4 Å². The van der Waals surface area contributed by atoms with Crippen LogP contribution in [0.5, 0.6) is 0 Å². The van der Waals surface area contributed by atoms with E-state index in [4.69, 9.17) is 23.2 Å². The minimum atomic E-state index is -0.289. The van der Waals surface area contributed by atoms with Crippen molar-refractivity contribution < 1.29 is 9.59 Å². The van der Waals surface area contributed by atoms with E-state index in [1.54, 1.807) is 53.4 Å². The average molecular weight is 376 g/mol. The SMILES string of the molecule is O=C(/C=C/c1cc(Cl)ccc1Cl)Nc1ccc(N2CCNC2=O)cc1. The third kappa shape index (κ3) is 4.32. The molecule has 0 aromatic heterocycles. The fraction of sp³-hybridized carbons (Fsp3) is 0.111. The van der Waals surface area contributed by atoms with Gasteiger partial charge in [0, 0.05) is 40.6 Å². The topological polar surface area (TPSA) is 61.4 Å². The van der Waals surface area contributed by atoms with Gasteiger partial charge < -0.3 is 10.6 Å². The molecule has 5 nitrogen and oxygen atoms in total. The van der Waals surface area contributed by atoms with Crippen molar-refractivity contribution in [2.24, 2.45) is 0 Å². The Morgan fingerprint density at radius 3 is 2.60 bits per heavy atom. The van der Waals surface area contributed by atoms with Gasteiger partial charge in [-0.15, -0.1) is 0 Å². The maximum atomic E-state index is 12.0. The molecule has 25 heavy (non-hydrogen) atoms. The maximum Gasteiger partial charge on any atom is 0.321 e. The maximum absolute atomic E-state index is 12.0. The number of amides is 3. The summed E-state index contributed by atoms with van der Waals surface area (Å²) in [4.78, 5) is 25.3. The highest BCUT2D eigenvalue weighted by atomic mass is 35.5. The molecule has 0 spiro atoms. The van der Waals surface area contributed by atoms with Gasteiger partial charge in [0.15, 0.2) is 0 Å². The highest BCUT2D eigenvalue weighted by molar-refractivity contribution is 6.34. The zero-order valence-electron chi connectivity index (χ0n) is 13.1. The van der Waals surface area contributed by atoms with Crippen molar-refractivity contribution in [3.05, 3.63) is 64.1 Å². The number of anilines is 2. The second-order valence-corrected chi connectivity index (χ2v) is 6.26. The Morgan fingerprint density at radius 1 is 1.16 bits per heavy atom. The molecule has 1 saturated heterocycles. The van der Waals surface area contributed by atoms with E-state index < -0.39 is 0 Å². The first-order valence-corrected chi connectivity index (χ1v) is 8.38. The van der Waals surface area contributed by atoms with Gasteiger partial charge in [0.1, 0.15) is 0 Å². The third-order valence-corrected chi connectivity index (χ3v) is 4.25. The van der Waals surface area contributed by atoms with Gasteiger partial charge in [-0.1, -0.05) is 23.2 Å². The molecule has 0 atom stereocenters. The first kappa shape index (κ1) is 17.3. The van der Waals surface area contributed by atoms with Crippen molar-refractivity contribution >= 4 is 52.6 Å². The lowest BCUT2D eigenvalue weighted by Gasteiger charge is -2.14. The van der Waals surface area contributed by atoms with Gasteiger partial charge in [-0.25, -0.2) is 4.79 Å². The van der Waals surface area contributed by atoms with Crippen molar-refractivity contribution in [2.45, 2.75) is 0 Å².